The summed E-state index contributed by atoms with van der Waals surface area (Å²) in [7, 11) is 0. The van der Waals surface area contributed by atoms with E-state index in [-0.39, 0.29) is 24.4 Å². The molecule has 6 heteroatoms. The molecule has 3 nitrogen and oxygen atoms in total. The molecule has 0 aliphatic carbocycles. The van der Waals surface area contributed by atoms with Crippen LogP contribution in [0.5, 0.6) is 0 Å². The molecule has 0 aromatic heterocycles. The molecule has 18 heavy (non-hydrogen) atoms. The SMILES string of the molecule is CC(CCCC(F)(F)F)NC1CCCCNC1=O. The lowest BCUT2D eigenvalue weighted by Crippen LogP contribution is -2.46. The number of hydrogen-bond acceptors (Lipinski definition) is 2. The summed E-state index contributed by atoms with van der Waals surface area (Å²) in [5, 5.41) is 5.91. The molecule has 0 spiro atoms. The van der Waals surface area contributed by atoms with Gasteiger partial charge >= 0.3 is 6.18 Å². The predicted molar refractivity (Wildman–Crippen MR) is 63.2 cm³/mol. The Morgan fingerprint density at radius 1 is 1.44 bits per heavy atom. The zero-order chi connectivity index (χ0) is 13.6. The Morgan fingerprint density at radius 3 is 2.83 bits per heavy atom. The molecule has 0 saturated carbocycles. The van der Waals surface area contributed by atoms with Gasteiger partial charge in [-0.25, -0.2) is 0 Å². The summed E-state index contributed by atoms with van der Waals surface area (Å²) < 4.78 is 36.0. The van der Waals surface area contributed by atoms with E-state index in [1.165, 1.54) is 0 Å². The lowest BCUT2D eigenvalue weighted by molar-refractivity contribution is -0.136. The Balaban J connectivity index is 2.25. The molecule has 0 aromatic rings. The second-order valence-corrected chi connectivity index (χ2v) is 4.91. The van der Waals surface area contributed by atoms with Crippen molar-refractivity contribution < 1.29 is 18.0 Å². The van der Waals surface area contributed by atoms with Crippen LogP contribution in [0.1, 0.15) is 45.4 Å². The first-order valence-corrected chi connectivity index (χ1v) is 6.49. The van der Waals surface area contributed by atoms with Gasteiger partial charge in [-0.05, 0) is 39.0 Å². The summed E-state index contributed by atoms with van der Waals surface area (Å²) >= 11 is 0. The van der Waals surface area contributed by atoms with Crippen molar-refractivity contribution in [3.63, 3.8) is 0 Å². The molecule has 1 saturated heterocycles. The van der Waals surface area contributed by atoms with E-state index in [0.717, 1.165) is 19.3 Å². The minimum absolute atomic E-state index is 0.0322. The van der Waals surface area contributed by atoms with Gasteiger partial charge in [0, 0.05) is 19.0 Å². The number of halogens is 3. The molecule has 0 radical (unpaired) electrons. The molecule has 2 unspecified atom stereocenters. The molecule has 0 bridgehead atoms. The molecule has 106 valence electrons. The van der Waals surface area contributed by atoms with Crippen LogP contribution < -0.4 is 10.6 Å². The molecule has 1 aliphatic heterocycles. The van der Waals surface area contributed by atoms with Crippen molar-refractivity contribution in [2.45, 2.75) is 63.7 Å². The monoisotopic (exact) mass is 266 g/mol. The Labute approximate surface area is 106 Å². The van der Waals surface area contributed by atoms with E-state index in [0.29, 0.717) is 13.0 Å². The van der Waals surface area contributed by atoms with Crippen LogP contribution in [0.15, 0.2) is 0 Å². The molecule has 1 aliphatic rings. The van der Waals surface area contributed by atoms with Crippen LogP contribution in [0.25, 0.3) is 0 Å². The Hall–Kier alpha value is -0.780. The lowest BCUT2D eigenvalue weighted by Gasteiger charge is -2.21. The predicted octanol–water partition coefficient (Wildman–Crippen LogP) is 2.37. The average molecular weight is 266 g/mol. The highest BCUT2D eigenvalue weighted by Gasteiger charge is 2.27. The van der Waals surface area contributed by atoms with Crippen molar-refractivity contribution in [3.05, 3.63) is 0 Å². The van der Waals surface area contributed by atoms with Gasteiger partial charge in [0.1, 0.15) is 0 Å². The number of hydrogen-bond donors (Lipinski definition) is 2. The van der Waals surface area contributed by atoms with Gasteiger partial charge in [0.05, 0.1) is 6.04 Å². The van der Waals surface area contributed by atoms with Crippen LogP contribution in [0.3, 0.4) is 0 Å². The number of carbonyl (C=O) groups excluding carboxylic acids is 1. The van der Waals surface area contributed by atoms with Crippen molar-refractivity contribution in [2.75, 3.05) is 6.54 Å². The standard InChI is InChI=1S/C12H21F3N2O/c1-9(5-4-7-12(13,14)15)17-10-6-2-3-8-16-11(10)18/h9-10,17H,2-8H2,1H3,(H,16,18). The van der Waals surface area contributed by atoms with Gasteiger partial charge < -0.3 is 10.6 Å². The van der Waals surface area contributed by atoms with Crippen LogP contribution in [-0.2, 0) is 4.79 Å². The number of amides is 1. The molecular formula is C12H21F3N2O. The van der Waals surface area contributed by atoms with E-state index in [9.17, 15) is 18.0 Å². The number of carbonyl (C=O) groups is 1. The van der Waals surface area contributed by atoms with Gasteiger partial charge in [-0.1, -0.05) is 0 Å². The quantitative estimate of drug-likeness (QED) is 0.802. The maximum atomic E-state index is 12.0. The molecule has 2 atom stereocenters. The van der Waals surface area contributed by atoms with E-state index >= 15 is 0 Å². The molecule has 1 amide bonds. The molecule has 1 fully saturated rings. The van der Waals surface area contributed by atoms with Gasteiger partial charge in [-0.3, -0.25) is 4.79 Å². The topological polar surface area (TPSA) is 41.1 Å². The smallest absolute Gasteiger partial charge is 0.355 e. The van der Waals surface area contributed by atoms with E-state index in [2.05, 4.69) is 10.6 Å². The summed E-state index contributed by atoms with van der Waals surface area (Å²) in [6.45, 7) is 2.52. The number of alkyl halides is 3. The summed E-state index contributed by atoms with van der Waals surface area (Å²) in [4.78, 5) is 11.6. The minimum atomic E-state index is -4.08. The van der Waals surface area contributed by atoms with Crippen LogP contribution in [0, 0.1) is 0 Å². The Kier molecular flexibility index (Phi) is 5.91. The van der Waals surface area contributed by atoms with Crippen molar-refractivity contribution in [2.24, 2.45) is 0 Å². The van der Waals surface area contributed by atoms with E-state index in [1.807, 2.05) is 6.92 Å². The number of rotatable bonds is 5. The minimum Gasteiger partial charge on any atom is -0.355 e. The Bertz CT molecular complexity index is 269. The average Bonchev–Trinajstić information content (AvgIpc) is 2.42. The Morgan fingerprint density at radius 2 is 2.17 bits per heavy atom. The highest BCUT2D eigenvalue weighted by molar-refractivity contribution is 5.81. The second kappa shape index (κ2) is 6.97. The zero-order valence-corrected chi connectivity index (χ0v) is 10.6. The van der Waals surface area contributed by atoms with Gasteiger partial charge in [0.2, 0.25) is 5.91 Å². The first-order chi connectivity index (χ1) is 8.38. The van der Waals surface area contributed by atoms with Crippen LogP contribution in [0.4, 0.5) is 13.2 Å². The zero-order valence-electron chi connectivity index (χ0n) is 10.6. The van der Waals surface area contributed by atoms with Crippen LogP contribution >= 0.6 is 0 Å². The summed E-state index contributed by atoms with van der Waals surface area (Å²) in [6, 6.07) is -0.324. The molecule has 1 heterocycles. The second-order valence-electron chi connectivity index (χ2n) is 4.91. The molecule has 0 aromatic carbocycles. The maximum absolute atomic E-state index is 12.0. The van der Waals surface area contributed by atoms with E-state index < -0.39 is 12.6 Å². The van der Waals surface area contributed by atoms with Crippen molar-refractivity contribution in [3.8, 4) is 0 Å². The summed E-state index contributed by atoms with van der Waals surface area (Å²) in [5.41, 5.74) is 0. The first kappa shape index (κ1) is 15.3. The summed E-state index contributed by atoms with van der Waals surface area (Å²) in [6.07, 6.45) is -1.61. The fourth-order valence-corrected chi connectivity index (χ4v) is 2.13. The lowest BCUT2D eigenvalue weighted by atomic mass is 10.1. The van der Waals surface area contributed by atoms with Crippen molar-refractivity contribution in [1.82, 2.24) is 10.6 Å². The van der Waals surface area contributed by atoms with Crippen molar-refractivity contribution in [1.29, 1.82) is 0 Å². The van der Waals surface area contributed by atoms with Gasteiger partial charge in [-0.15, -0.1) is 0 Å². The third kappa shape index (κ3) is 6.23. The van der Waals surface area contributed by atoms with E-state index in [4.69, 9.17) is 0 Å². The van der Waals surface area contributed by atoms with Gasteiger partial charge in [-0.2, -0.15) is 13.2 Å². The third-order valence-electron chi connectivity index (χ3n) is 3.12. The normalized spacial score (nSPS) is 23.3. The fraction of sp³-hybridized carbons (Fsp3) is 0.917. The van der Waals surface area contributed by atoms with Crippen LogP contribution in [-0.4, -0.2) is 30.7 Å². The highest BCUT2D eigenvalue weighted by atomic mass is 19.4. The molecule has 1 rings (SSSR count). The van der Waals surface area contributed by atoms with E-state index in [1.54, 1.807) is 0 Å². The van der Waals surface area contributed by atoms with Crippen LogP contribution in [0.2, 0.25) is 0 Å². The fourth-order valence-electron chi connectivity index (χ4n) is 2.13. The van der Waals surface area contributed by atoms with Gasteiger partial charge in [0.15, 0.2) is 0 Å². The molecule has 2 N–H and O–H groups in total. The molecular weight excluding hydrogens is 245 g/mol. The van der Waals surface area contributed by atoms with Crippen molar-refractivity contribution >= 4 is 5.91 Å². The third-order valence-corrected chi connectivity index (χ3v) is 3.12. The maximum Gasteiger partial charge on any atom is 0.389 e. The van der Waals surface area contributed by atoms with Gasteiger partial charge in [0.25, 0.3) is 0 Å². The largest absolute Gasteiger partial charge is 0.389 e. The summed E-state index contributed by atoms with van der Waals surface area (Å²) in [5.74, 6) is -0.0322. The first-order valence-electron chi connectivity index (χ1n) is 6.49. The highest BCUT2D eigenvalue weighted by Crippen LogP contribution is 2.22. The number of nitrogens with one attached hydrogen (secondary N) is 2.